The molecule has 1 aromatic rings. The van der Waals surface area contributed by atoms with Gasteiger partial charge in [-0.1, -0.05) is 13.0 Å². The zero-order chi connectivity index (χ0) is 13.3. The molecule has 0 unspecified atom stereocenters. The lowest BCUT2D eigenvalue weighted by Crippen LogP contribution is -2.24. The van der Waals surface area contributed by atoms with Crippen LogP contribution >= 0.6 is 0 Å². The van der Waals surface area contributed by atoms with E-state index in [1.807, 2.05) is 6.92 Å². The molecule has 0 bridgehead atoms. The molecule has 1 aromatic carbocycles. The third-order valence-corrected chi connectivity index (χ3v) is 2.87. The minimum absolute atomic E-state index is 0.152. The fourth-order valence-corrected chi connectivity index (χ4v) is 1.95. The van der Waals surface area contributed by atoms with Gasteiger partial charge in [-0.05, 0) is 18.6 Å². The molecule has 18 heavy (non-hydrogen) atoms. The van der Waals surface area contributed by atoms with Crippen molar-refractivity contribution in [2.24, 2.45) is 0 Å². The molecule has 0 fully saturated rings. The molecule has 1 heterocycles. The summed E-state index contributed by atoms with van der Waals surface area (Å²) in [6.45, 7) is 1.90. The van der Waals surface area contributed by atoms with E-state index in [9.17, 15) is 14.4 Å². The molecule has 0 radical (unpaired) electrons. The van der Waals surface area contributed by atoms with E-state index in [-0.39, 0.29) is 23.3 Å². The number of nitrogens with one attached hydrogen (secondary N) is 1. The highest BCUT2D eigenvalue weighted by atomic mass is 16.2. The van der Waals surface area contributed by atoms with Crippen LogP contribution in [0.15, 0.2) is 18.2 Å². The predicted octanol–water partition coefficient (Wildman–Crippen LogP) is 1.65. The van der Waals surface area contributed by atoms with Crippen LogP contribution in [0.3, 0.4) is 0 Å². The molecule has 94 valence electrons. The molecule has 0 saturated carbocycles. The summed E-state index contributed by atoms with van der Waals surface area (Å²) in [5, 5.41) is 2.68. The predicted molar refractivity (Wildman–Crippen MR) is 66.4 cm³/mol. The third-order valence-electron chi connectivity index (χ3n) is 2.87. The lowest BCUT2D eigenvalue weighted by molar-refractivity contribution is -0.116. The van der Waals surface area contributed by atoms with Crippen molar-refractivity contribution in [1.82, 2.24) is 4.90 Å². The second-order valence-corrected chi connectivity index (χ2v) is 4.20. The average Bonchev–Trinajstić information content (AvgIpc) is 2.56. The second-order valence-electron chi connectivity index (χ2n) is 4.20. The zero-order valence-electron chi connectivity index (χ0n) is 10.3. The first-order valence-electron chi connectivity index (χ1n) is 5.81. The van der Waals surface area contributed by atoms with Crippen molar-refractivity contribution in [3.63, 3.8) is 0 Å². The van der Waals surface area contributed by atoms with Crippen LogP contribution in [0.4, 0.5) is 5.69 Å². The van der Waals surface area contributed by atoms with Crippen LogP contribution in [-0.2, 0) is 4.79 Å². The number of carbonyl (C=O) groups excluding carboxylic acids is 3. The summed E-state index contributed by atoms with van der Waals surface area (Å²) < 4.78 is 0. The Morgan fingerprint density at radius 2 is 2.00 bits per heavy atom. The number of hydrogen-bond donors (Lipinski definition) is 1. The Hall–Kier alpha value is -2.17. The van der Waals surface area contributed by atoms with Gasteiger partial charge in [-0.15, -0.1) is 0 Å². The molecule has 5 heteroatoms. The van der Waals surface area contributed by atoms with Gasteiger partial charge in [-0.3, -0.25) is 19.3 Å². The number of carbonyl (C=O) groups is 3. The van der Waals surface area contributed by atoms with Crippen LogP contribution in [0.1, 0.15) is 40.5 Å². The van der Waals surface area contributed by atoms with Gasteiger partial charge in [0.2, 0.25) is 5.91 Å². The van der Waals surface area contributed by atoms with E-state index in [0.29, 0.717) is 17.7 Å². The highest BCUT2D eigenvalue weighted by Gasteiger charge is 2.34. The monoisotopic (exact) mass is 246 g/mol. The molecule has 1 N–H and O–H groups in total. The van der Waals surface area contributed by atoms with Crippen LogP contribution < -0.4 is 5.32 Å². The highest BCUT2D eigenvalue weighted by molar-refractivity contribution is 6.24. The lowest BCUT2D eigenvalue weighted by Gasteiger charge is -2.08. The summed E-state index contributed by atoms with van der Waals surface area (Å²) in [4.78, 5) is 36.3. The smallest absolute Gasteiger partial charge is 0.263 e. The summed E-state index contributed by atoms with van der Waals surface area (Å²) >= 11 is 0. The molecule has 0 saturated heterocycles. The Morgan fingerprint density at radius 3 is 2.67 bits per heavy atom. The summed E-state index contributed by atoms with van der Waals surface area (Å²) in [5.74, 6) is -0.857. The number of nitrogens with zero attached hydrogens (tertiary/aromatic N) is 1. The largest absolute Gasteiger partial charge is 0.325 e. The van der Waals surface area contributed by atoms with E-state index in [4.69, 9.17) is 0 Å². The van der Waals surface area contributed by atoms with Gasteiger partial charge in [0, 0.05) is 13.5 Å². The Kier molecular flexibility index (Phi) is 3.14. The fraction of sp³-hybridized carbons (Fsp3) is 0.308. The molecular formula is C13H14N2O3. The van der Waals surface area contributed by atoms with Gasteiger partial charge in [-0.2, -0.15) is 0 Å². The van der Waals surface area contributed by atoms with E-state index in [1.165, 1.54) is 7.05 Å². The maximum absolute atomic E-state index is 11.9. The average molecular weight is 246 g/mol. The topological polar surface area (TPSA) is 66.5 Å². The van der Waals surface area contributed by atoms with Gasteiger partial charge in [0.05, 0.1) is 16.8 Å². The van der Waals surface area contributed by atoms with Crippen molar-refractivity contribution in [1.29, 1.82) is 0 Å². The highest BCUT2D eigenvalue weighted by Crippen LogP contribution is 2.28. The van der Waals surface area contributed by atoms with Gasteiger partial charge in [0.15, 0.2) is 0 Å². The quantitative estimate of drug-likeness (QED) is 0.825. The third kappa shape index (κ3) is 1.88. The fourth-order valence-electron chi connectivity index (χ4n) is 1.95. The molecule has 3 amide bonds. The van der Waals surface area contributed by atoms with Crippen molar-refractivity contribution >= 4 is 23.4 Å². The number of amides is 3. The maximum Gasteiger partial charge on any atom is 0.263 e. The first-order chi connectivity index (χ1) is 8.56. The summed E-state index contributed by atoms with van der Waals surface area (Å²) in [5.41, 5.74) is 1.04. The number of anilines is 1. The summed E-state index contributed by atoms with van der Waals surface area (Å²) in [6, 6.07) is 4.88. The van der Waals surface area contributed by atoms with Crippen LogP contribution in [0.5, 0.6) is 0 Å². The number of benzene rings is 1. The van der Waals surface area contributed by atoms with Crippen molar-refractivity contribution in [3.8, 4) is 0 Å². The molecule has 1 aliphatic rings. The van der Waals surface area contributed by atoms with Crippen molar-refractivity contribution in [2.75, 3.05) is 12.4 Å². The standard InChI is InChI=1S/C13H14N2O3/c1-3-5-10(16)14-9-7-4-6-8-11(9)13(18)15(2)12(8)17/h4,6-7H,3,5H2,1-2H3,(H,14,16). The van der Waals surface area contributed by atoms with Crippen molar-refractivity contribution in [2.45, 2.75) is 19.8 Å². The normalized spacial score (nSPS) is 13.8. The minimum atomic E-state index is -0.373. The van der Waals surface area contributed by atoms with Gasteiger partial charge in [0.25, 0.3) is 11.8 Å². The van der Waals surface area contributed by atoms with E-state index in [1.54, 1.807) is 18.2 Å². The second kappa shape index (κ2) is 4.60. The molecule has 0 aromatic heterocycles. The molecule has 5 nitrogen and oxygen atoms in total. The summed E-state index contributed by atoms with van der Waals surface area (Å²) in [6.07, 6.45) is 1.12. The molecule has 2 rings (SSSR count). The van der Waals surface area contributed by atoms with Crippen LogP contribution in [0, 0.1) is 0 Å². The molecular weight excluding hydrogens is 232 g/mol. The van der Waals surface area contributed by atoms with Crippen LogP contribution in [0.2, 0.25) is 0 Å². The summed E-state index contributed by atoms with van der Waals surface area (Å²) in [7, 11) is 1.43. The maximum atomic E-state index is 11.9. The number of fused-ring (bicyclic) bond motifs is 1. The van der Waals surface area contributed by atoms with Crippen molar-refractivity contribution in [3.05, 3.63) is 29.3 Å². The van der Waals surface area contributed by atoms with Gasteiger partial charge in [0.1, 0.15) is 0 Å². The van der Waals surface area contributed by atoms with Crippen molar-refractivity contribution < 1.29 is 14.4 Å². The number of hydrogen-bond acceptors (Lipinski definition) is 3. The zero-order valence-corrected chi connectivity index (χ0v) is 10.3. The first kappa shape index (κ1) is 12.3. The van der Waals surface area contributed by atoms with Crippen LogP contribution in [-0.4, -0.2) is 29.7 Å². The molecule has 1 aliphatic heterocycles. The van der Waals surface area contributed by atoms with E-state index >= 15 is 0 Å². The molecule has 0 atom stereocenters. The Bertz CT molecular complexity index is 537. The Labute approximate surface area is 105 Å². The van der Waals surface area contributed by atoms with E-state index in [0.717, 1.165) is 11.3 Å². The van der Waals surface area contributed by atoms with E-state index < -0.39 is 0 Å². The first-order valence-corrected chi connectivity index (χ1v) is 5.81. The number of rotatable bonds is 3. The lowest BCUT2D eigenvalue weighted by atomic mass is 10.1. The Balaban J connectivity index is 2.38. The van der Waals surface area contributed by atoms with Gasteiger partial charge >= 0.3 is 0 Å². The van der Waals surface area contributed by atoms with Gasteiger partial charge in [-0.25, -0.2) is 0 Å². The molecule has 0 aliphatic carbocycles. The number of imide groups is 1. The Morgan fingerprint density at radius 1 is 1.28 bits per heavy atom. The van der Waals surface area contributed by atoms with Crippen LogP contribution in [0.25, 0.3) is 0 Å². The minimum Gasteiger partial charge on any atom is -0.325 e. The van der Waals surface area contributed by atoms with E-state index in [2.05, 4.69) is 5.32 Å². The SMILES string of the molecule is CCCC(=O)Nc1cccc2c1C(=O)N(C)C2=O. The van der Waals surface area contributed by atoms with Gasteiger partial charge < -0.3 is 5.32 Å². The molecule has 0 spiro atoms.